The number of aromatic nitrogens is 3. The number of amides is 2. The van der Waals surface area contributed by atoms with Gasteiger partial charge in [0.25, 0.3) is 0 Å². The van der Waals surface area contributed by atoms with Crippen molar-refractivity contribution in [3.63, 3.8) is 0 Å². The minimum absolute atomic E-state index is 0.0931. The van der Waals surface area contributed by atoms with Crippen molar-refractivity contribution in [2.45, 2.75) is 38.8 Å². The maximum absolute atomic E-state index is 12.3. The Hall–Kier alpha value is -3.62. The number of nitrogens with two attached hydrogens (primary N) is 1. The minimum atomic E-state index is -0.509. The van der Waals surface area contributed by atoms with Gasteiger partial charge in [-0.15, -0.1) is 0 Å². The molecule has 1 unspecified atom stereocenters. The fourth-order valence-corrected chi connectivity index (χ4v) is 3.56. The molecule has 0 saturated carbocycles. The van der Waals surface area contributed by atoms with Crippen molar-refractivity contribution in [3.05, 3.63) is 48.3 Å². The summed E-state index contributed by atoms with van der Waals surface area (Å²) in [4.78, 5) is 34.5. The minimum Gasteiger partial charge on any atom is -0.444 e. The van der Waals surface area contributed by atoms with E-state index < -0.39 is 11.5 Å². The molecule has 0 aliphatic carbocycles. The van der Waals surface area contributed by atoms with Gasteiger partial charge in [-0.25, -0.2) is 14.8 Å². The molecule has 4 rings (SSSR count). The molecule has 9 heteroatoms. The number of pyridine rings is 2. The van der Waals surface area contributed by atoms with E-state index in [0.29, 0.717) is 24.3 Å². The third-order valence-electron chi connectivity index (χ3n) is 5.00. The van der Waals surface area contributed by atoms with Crippen LogP contribution >= 0.6 is 0 Å². The highest BCUT2D eigenvalue weighted by Crippen LogP contribution is 2.23. The van der Waals surface area contributed by atoms with Crippen molar-refractivity contribution >= 4 is 23.5 Å². The molecule has 1 aliphatic rings. The normalized spacial score (nSPS) is 16.5. The first-order chi connectivity index (χ1) is 14.7. The van der Waals surface area contributed by atoms with Crippen molar-refractivity contribution < 1.29 is 14.3 Å². The number of likely N-dealkylation sites (tertiary alicyclic amines) is 1. The second kappa shape index (κ2) is 7.90. The van der Waals surface area contributed by atoms with Crippen molar-refractivity contribution in [1.82, 2.24) is 19.3 Å². The van der Waals surface area contributed by atoms with Crippen LogP contribution in [0.25, 0.3) is 17.0 Å². The molecule has 0 bridgehead atoms. The summed E-state index contributed by atoms with van der Waals surface area (Å²) in [6, 6.07) is 9.12. The Morgan fingerprint density at radius 2 is 2.06 bits per heavy atom. The Labute approximate surface area is 180 Å². The molecule has 3 aromatic heterocycles. The molecule has 0 radical (unpaired) electrons. The maximum atomic E-state index is 12.3. The molecular weight excluding hydrogens is 396 g/mol. The number of primary amides is 1. The van der Waals surface area contributed by atoms with E-state index in [4.69, 9.17) is 15.5 Å². The zero-order valence-electron chi connectivity index (χ0n) is 17.8. The summed E-state index contributed by atoms with van der Waals surface area (Å²) in [6.45, 7) is 6.79. The first-order valence-corrected chi connectivity index (χ1v) is 10.2. The SMILES string of the molecule is CC(C)(C)OC(=O)N1CCC(Nc2cccc(-c3cnc4cc(C(N)=O)ccn34)n2)C1. The number of fused-ring (bicyclic) bond motifs is 1. The third-order valence-corrected chi connectivity index (χ3v) is 5.00. The summed E-state index contributed by atoms with van der Waals surface area (Å²) < 4.78 is 7.32. The molecule has 4 heterocycles. The van der Waals surface area contributed by atoms with Crippen LogP contribution in [0, 0.1) is 0 Å². The number of nitrogens with one attached hydrogen (secondary N) is 1. The van der Waals surface area contributed by atoms with E-state index >= 15 is 0 Å². The van der Waals surface area contributed by atoms with Crippen molar-refractivity contribution in [2.24, 2.45) is 5.73 Å². The van der Waals surface area contributed by atoms with Crippen LogP contribution in [0.2, 0.25) is 0 Å². The van der Waals surface area contributed by atoms with Gasteiger partial charge < -0.3 is 20.7 Å². The van der Waals surface area contributed by atoms with E-state index in [-0.39, 0.29) is 12.1 Å². The average molecular weight is 422 g/mol. The highest BCUT2D eigenvalue weighted by Gasteiger charge is 2.29. The molecule has 162 valence electrons. The van der Waals surface area contributed by atoms with Gasteiger partial charge in [-0.05, 0) is 51.5 Å². The lowest BCUT2D eigenvalue weighted by Crippen LogP contribution is -2.36. The lowest BCUT2D eigenvalue weighted by atomic mass is 10.2. The third kappa shape index (κ3) is 4.60. The number of hydrogen-bond donors (Lipinski definition) is 2. The van der Waals surface area contributed by atoms with Crippen LogP contribution in [-0.2, 0) is 4.74 Å². The summed E-state index contributed by atoms with van der Waals surface area (Å²) in [5.74, 6) is 0.227. The molecule has 1 saturated heterocycles. The summed E-state index contributed by atoms with van der Waals surface area (Å²) >= 11 is 0. The standard InChI is InChI=1S/C22H26N6O3/c1-22(2,3)31-21(30)27-9-8-15(13-27)25-18-6-4-5-16(26-18)17-12-24-19-11-14(20(23)29)7-10-28(17)19/h4-7,10-12,15H,8-9,13H2,1-3H3,(H2,23,29)(H,25,26). The van der Waals surface area contributed by atoms with Crippen molar-refractivity contribution in [3.8, 4) is 11.4 Å². The lowest BCUT2D eigenvalue weighted by molar-refractivity contribution is 0.0293. The van der Waals surface area contributed by atoms with E-state index in [0.717, 1.165) is 23.6 Å². The largest absolute Gasteiger partial charge is 0.444 e. The molecule has 1 aliphatic heterocycles. The van der Waals surface area contributed by atoms with Crippen LogP contribution in [-0.4, -0.2) is 56.0 Å². The van der Waals surface area contributed by atoms with E-state index in [9.17, 15) is 9.59 Å². The van der Waals surface area contributed by atoms with Gasteiger partial charge in [0.1, 0.15) is 17.1 Å². The first kappa shape index (κ1) is 20.6. The Kier molecular flexibility index (Phi) is 5.26. The smallest absolute Gasteiger partial charge is 0.410 e. The van der Waals surface area contributed by atoms with Gasteiger partial charge in [0, 0.05) is 30.9 Å². The first-order valence-electron chi connectivity index (χ1n) is 10.2. The highest BCUT2D eigenvalue weighted by molar-refractivity contribution is 5.93. The van der Waals surface area contributed by atoms with Gasteiger partial charge in [-0.1, -0.05) is 6.07 Å². The summed E-state index contributed by atoms with van der Waals surface area (Å²) in [7, 11) is 0. The van der Waals surface area contributed by atoms with Crippen LogP contribution in [0.15, 0.2) is 42.7 Å². The predicted molar refractivity (Wildman–Crippen MR) is 117 cm³/mol. The summed E-state index contributed by atoms with van der Waals surface area (Å²) in [5, 5.41) is 3.41. The number of nitrogens with zero attached hydrogens (tertiary/aromatic N) is 4. The Balaban J connectivity index is 1.48. The van der Waals surface area contributed by atoms with Gasteiger partial charge in [-0.2, -0.15) is 0 Å². The number of imidazole rings is 1. The molecular formula is C22H26N6O3. The van der Waals surface area contributed by atoms with Crippen molar-refractivity contribution in [2.75, 3.05) is 18.4 Å². The molecule has 1 fully saturated rings. The number of anilines is 1. The number of carbonyl (C=O) groups is 2. The summed E-state index contributed by atoms with van der Waals surface area (Å²) in [6.07, 6.45) is 4.00. The molecule has 9 nitrogen and oxygen atoms in total. The van der Waals surface area contributed by atoms with Gasteiger partial charge in [0.15, 0.2) is 0 Å². The lowest BCUT2D eigenvalue weighted by Gasteiger charge is -2.24. The molecule has 3 N–H and O–H groups in total. The van der Waals surface area contributed by atoms with Crippen LogP contribution < -0.4 is 11.1 Å². The van der Waals surface area contributed by atoms with Crippen LogP contribution in [0.3, 0.4) is 0 Å². The molecule has 1 atom stereocenters. The van der Waals surface area contributed by atoms with Gasteiger partial charge >= 0.3 is 6.09 Å². The van der Waals surface area contributed by atoms with Crippen molar-refractivity contribution in [1.29, 1.82) is 0 Å². The highest BCUT2D eigenvalue weighted by atomic mass is 16.6. The number of ether oxygens (including phenoxy) is 1. The van der Waals surface area contributed by atoms with E-state index in [2.05, 4.69) is 10.3 Å². The maximum Gasteiger partial charge on any atom is 0.410 e. The van der Waals surface area contributed by atoms with Crippen LogP contribution in [0.1, 0.15) is 37.6 Å². The zero-order chi connectivity index (χ0) is 22.2. The quantitative estimate of drug-likeness (QED) is 0.668. The molecule has 2 amide bonds. The number of hydrogen-bond acceptors (Lipinski definition) is 6. The Morgan fingerprint density at radius 1 is 1.26 bits per heavy atom. The predicted octanol–water partition coefficient (Wildman–Crippen LogP) is 2.92. The van der Waals surface area contributed by atoms with Crippen LogP contribution in [0.5, 0.6) is 0 Å². The molecule has 3 aromatic rings. The molecule has 31 heavy (non-hydrogen) atoms. The zero-order valence-corrected chi connectivity index (χ0v) is 17.8. The van der Waals surface area contributed by atoms with E-state index in [1.807, 2.05) is 43.4 Å². The second-order valence-corrected chi connectivity index (χ2v) is 8.62. The fourth-order valence-electron chi connectivity index (χ4n) is 3.56. The van der Waals surface area contributed by atoms with Gasteiger partial charge in [0.2, 0.25) is 5.91 Å². The number of rotatable bonds is 4. The molecule has 0 spiro atoms. The van der Waals surface area contributed by atoms with E-state index in [1.54, 1.807) is 29.4 Å². The van der Waals surface area contributed by atoms with Gasteiger partial charge in [0.05, 0.1) is 17.6 Å². The Bertz CT molecular complexity index is 1130. The van der Waals surface area contributed by atoms with Gasteiger partial charge in [-0.3, -0.25) is 9.20 Å². The van der Waals surface area contributed by atoms with E-state index in [1.165, 1.54) is 0 Å². The average Bonchev–Trinajstić information content (AvgIpc) is 3.33. The molecule has 0 aromatic carbocycles. The Morgan fingerprint density at radius 3 is 2.81 bits per heavy atom. The monoisotopic (exact) mass is 422 g/mol. The number of carbonyl (C=O) groups excluding carboxylic acids is 2. The van der Waals surface area contributed by atoms with Crippen LogP contribution in [0.4, 0.5) is 10.6 Å². The topological polar surface area (TPSA) is 115 Å². The second-order valence-electron chi connectivity index (χ2n) is 8.62. The summed E-state index contributed by atoms with van der Waals surface area (Å²) in [5.41, 5.74) is 7.41. The fraction of sp³-hybridized carbons (Fsp3) is 0.364.